The van der Waals surface area contributed by atoms with Gasteiger partial charge in [-0.3, -0.25) is 14.4 Å². The largest absolute Gasteiger partial charge is 0.481 e. The van der Waals surface area contributed by atoms with Crippen LogP contribution in [-0.4, -0.2) is 69.2 Å². The van der Waals surface area contributed by atoms with E-state index < -0.39 is 21.5 Å². The van der Waals surface area contributed by atoms with Gasteiger partial charge in [-0.2, -0.15) is 18.1 Å². The first-order valence-electron chi connectivity index (χ1n) is 13.2. The van der Waals surface area contributed by atoms with E-state index >= 15 is 0 Å². The van der Waals surface area contributed by atoms with Crippen molar-refractivity contribution in [3.63, 3.8) is 0 Å². The van der Waals surface area contributed by atoms with E-state index in [0.717, 1.165) is 51.9 Å². The molecule has 13 heteroatoms. The SMILES string of the molecule is CC[N+]1=C(/C=C/C=C/C=C2\N(CCCS(=O)(=O)O)N=C(C)C2(C)CCC(=O)O)C(C)(C)c2cc(SOOO)ccc21. The number of hydrazone groups is 1. The zero-order valence-electron chi connectivity index (χ0n) is 23.9. The average molecular weight is 609 g/mol. The number of carbonyl (C=O) groups is 1. The van der Waals surface area contributed by atoms with Crippen LogP contribution in [0.3, 0.4) is 0 Å². The maximum atomic E-state index is 11.3. The van der Waals surface area contributed by atoms with E-state index in [0.29, 0.717) is 6.42 Å². The normalized spacial score (nSPS) is 21.5. The molecule has 224 valence electrons. The molecule has 0 spiro atoms. The molecule has 2 heterocycles. The second-order valence-corrected chi connectivity index (χ2v) is 13.0. The van der Waals surface area contributed by atoms with E-state index in [9.17, 15) is 18.3 Å². The van der Waals surface area contributed by atoms with Crippen LogP contribution in [0.1, 0.15) is 59.4 Å². The van der Waals surface area contributed by atoms with Gasteiger partial charge in [-0.25, -0.2) is 5.26 Å². The highest BCUT2D eigenvalue weighted by Crippen LogP contribution is 2.43. The van der Waals surface area contributed by atoms with E-state index in [-0.39, 0.29) is 30.6 Å². The average Bonchev–Trinajstić information content (AvgIpc) is 3.26. The molecule has 0 radical (unpaired) electrons. The van der Waals surface area contributed by atoms with Gasteiger partial charge in [-0.05, 0) is 65.7 Å². The summed E-state index contributed by atoms with van der Waals surface area (Å²) in [5, 5.41) is 27.8. The van der Waals surface area contributed by atoms with E-state index in [1.165, 1.54) is 0 Å². The van der Waals surface area contributed by atoms with Crippen LogP contribution in [0.4, 0.5) is 5.69 Å². The van der Waals surface area contributed by atoms with Crippen LogP contribution in [0.15, 0.2) is 64.3 Å². The number of benzene rings is 1. The predicted molar refractivity (Wildman–Crippen MR) is 158 cm³/mol. The number of allylic oxidation sites excluding steroid dienone is 6. The Balaban J connectivity index is 1.85. The summed E-state index contributed by atoms with van der Waals surface area (Å²) in [5.41, 5.74) is 3.89. The Morgan fingerprint density at radius 3 is 2.59 bits per heavy atom. The topological polar surface area (TPSA) is 149 Å². The van der Waals surface area contributed by atoms with Crippen molar-refractivity contribution in [1.29, 1.82) is 0 Å². The summed E-state index contributed by atoms with van der Waals surface area (Å²) in [6.45, 7) is 11.2. The number of carboxylic acid groups (broad SMARTS) is 1. The zero-order valence-corrected chi connectivity index (χ0v) is 25.5. The van der Waals surface area contributed by atoms with Crippen molar-refractivity contribution in [3.05, 3.63) is 59.8 Å². The molecule has 3 rings (SSSR count). The van der Waals surface area contributed by atoms with E-state index in [2.05, 4.69) is 45.9 Å². The molecule has 0 bridgehead atoms. The monoisotopic (exact) mass is 608 g/mol. The number of rotatable bonds is 14. The van der Waals surface area contributed by atoms with Crippen LogP contribution in [-0.2, 0) is 29.7 Å². The van der Waals surface area contributed by atoms with Gasteiger partial charge in [0.05, 0.1) is 23.2 Å². The number of aliphatic carboxylic acids is 1. The third kappa shape index (κ3) is 7.73. The van der Waals surface area contributed by atoms with Crippen molar-refractivity contribution in [1.82, 2.24) is 5.01 Å². The lowest BCUT2D eigenvalue weighted by molar-refractivity contribution is -0.433. The minimum atomic E-state index is -4.10. The molecule has 41 heavy (non-hydrogen) atoms. The number of nitrogens with zero attached hydrogens (tertiary/aromatic N) is 3. The summed E-state index contributed by atoms with van der Waals surface area (Å²) < 4.78 is 38.4. The second kappa shape index (κ2) is 13.4. The Kier molecular flexibility index (Phi) is 10.7. The third-order valence-corrected chi connectivity index (χ3v) is 8.97. The molecular weight excluding hydrogens is 570 g/mol. The summed E-state index contributed by atoms with van der Waals surface area (Å²) in [5.74, 6) is -1.29. The fourth-order valence-corrected chi connectivity index (χ4v) is 6.17. The van der Waals surface area contributed by atoms with Gasteiger partial charge in [0.25, 0.3) is 10.1 Å². The minimum Gasteiger partial charge on any atom is -0.481 e. The van der Waals surface area contributed by atoms with Gasteiger partial charge >= 0.3 is 5.97 Å². The lowest BCUT2D eigenvalue weighted by Gasteiger charge is -2.28. The Labute approximate surface area is 245 Å². The fourth-order valence-electron chi connectivity index (χ4n) is 5.28. The van der Waals surface area contributed by atoms with Crippen molar-refractivity contribution < 1.29 is 42.1 Å². The smallest absolute Gasteiger partial charge is 0.303 e. The van der Waals surface area contributed by atoms with E-state index in [1.807, 2.05) is 56.4 Å². The summed E-state index contributed by atoms with van der Waals surface area (Å²) in [4.78, 5) is 12.1. The van der Waals surface area contributed by atoms with Crippen molar-refractivity contribution in [3.8, 4) is 0 Å². The predicted octanol–water partition coefficient (Wildman–Crippen LogP) is 5.35. The molecule has 2 aliphatic heterocycles. The highest BCUT2D eigenvalue weighted by atomic mass is 32.2. The molecular formula is C28H38N3O8S2+. The molecule has 1 aromatic carbocycles. The lowest BCUT2D eigenvalue weighted by atomic mass is 9.78. The number of hydrogen-bond donors (Lipinski definition) is 3. The number of hydrogen-bond acceptors (Lipinski definition) is 9. The van der Waals surface area contributed by atoms with Crippen LogP contribution in [0.25, 0.3) is 0 Å². The molecule has 0 saturated heterocycles. The van der Waals surface area contributed by atoms with Gasteiger partial charge in [0.1, 0.15) is 6.54 Å². The van der Waals surface area contributed by atoms with Crippen molar-refractivity contribution in [2.75, 3.05) is 18.8 Å². The molecule has 1 unspecified atom stereocenters. The Morgan fingerprint density at radius 1 is 1.22 bits per heavy atom. The number of carboxylic acids is 1. The Bertz CT molecular complexity index is 1410. The number of fused-ring (bicyclic) bond motifs is 1. The molecule has 1 atom stereocenters. The summed E-state index contributed by atoms with van der Waals surface area (Å²) in [6.07, 6.45) is 10.1. The summed E-state index contributed by atoms with van der Waals surface area (Å²) in [7, 11) is -4.10. The maximum absolute atomic E-state index is 11.3. The van der Waals surface area contributed by atoms with Gasteiger partial charge < -0.3 is 5.11 Å². The zero-order chi connectivity index (χ0) is 30.4. The first kappa shape index (κ1) is 32.7. The van der Waals surface area contributed by atoms with Crippen LogP contribution in [0, 0.1) is 5.41 Å². The maximum Gasteiger partial charge on any atom is 0.303 e. The van der Waals surface area contributed by atoms with Gasteiger partial charge in [0.15, 0.2) is 5.71 Å². The first-order valence-corrected chi connectivity index (χ1v) is 15.6. The summed E-state index contributed by atoms with van der Waals surface area (Å²) >= 11 is 0.921. The fraction of sp³-hybridized carbons (Fsp3) is 0.464. The Morgan fingerprint density at radius 2 is 1.95 bits per heavy atom. The molecule has 0 amide bonds. The second-order valence-electron chi connectivity index (χ2n) is 10.6. The van der Waals surface area contributed by atoms with Crippen LogP contribution in [0.5, 0.6) is 0 Å². The van der Waals surface area contributed by atoms with Gasteiger partial charge in [0, 0.05) is 52.4 Å². The minimum absolute atomic E-state index is 0.0383. The molecule has 2 aliphatic rings. The van der Waals surface area contributed by atoms with E-state index in [1.54, 1.807) is 5.01 Å². The molecule has 0 saturated carbocycles. The van der Waals surface area contributed by atoms with Crippen molar-refractivity contribution >= 4 is 45.2 Å². The van der Waals surface area contributed by atoms with Crippen LogP contribution >= 0.6 is 12.0 Å². The van der Waals surface area contributed by atoms with Crippen LogP contribution < -0.4 is 0 Å². The molecule has 0 aliphatic carbocycles. The van der Waals surface area contributed by atoms with E-state index in [4.69, 9.17) is 9.81 Å². The van der Waals surface area contributed by atoms with Crippen LogP contribution in [0.2, 0.25) is 0 Å². The summed E-state index contributed by atoms with van der Waals surface area (Å²) in [6, 6.07) is 5.93. The van der Waals surface area contributed by atoms with Crippen molar-refractivity contribution in [2.24, 2.45) is 10.5 Å². The standard InChI is InChI=1S/C28H37N3O8S2/c1-6-30-23-14-13-21(40-39-38-34)19-22(23)27(3,4)24(30)11-8-7-9-12-25-28(5,16-15-26(32)33)20(2)29-31(25)17-10-18-41(35,36)37/h7-9,11-14,19H,6,10,15-18H2,1-5H3,(H2-,32,33,34,35,36,37)/p+1. The molecule has 0 fully saturated rings. The molecule has 0 aromatic heterocycles. The molecule has 3 N–H and O–H groups in total. The molecule has 1 aromatic rings. The van der Waals surface area contributed by atoms with Gasteiger partial charge in [0.2, 0.25) is 5.69 Å². The quantitative estimate of drug-likeness (QED) is 0.0630. The third-order valence-electron chi connectivity index (χ3n) is 7.59. The highest BCUT2D eigenvalue weighted by Gasteiger charge is 2.44. The lowest BCUT2D eigenvalue weighted by Crippen LogP contribution is -2.29. The molecule has 11 nitrogen and oxygen atoms in total. The Hall–Kier alpha value is -2.81. The van der Waals surface area contributed by atoms with Crippen molar-refractivity contribution in [2.45, 2.75) is 64.2 Å². The van der Waals surface area contributed by atoms with Gasteiger partial charge in [-0.1, -0.05) is 23.3 Å². The van der Waals surface area contributed by atoms with Gasteiger partial charge in [-0.15, -0.1) is 4.33 Å². The highest BCUT2D eigenvalue weighted by molar-refractivity contribution is 7.94. The first-order chi connectivity index (χ1) is 19.2.